The van der Waals surface area contributed by atoms with Gasteiger partial charge in [0.1, 0.15) is 5.82 Å². The van der Waals surface area contributed by atoms with Crippen molar-refractivity contribution in [1.82, 2.24) is 15.0 Å². The second-order valence-electron chi connectivity index (χ2n) is 5.91. The molecule has 0 amide bonds. The molecule has 0 spiro atoms. The highest BCUT2D eigenvalue weighted by molar-refractivity contribution is 9.10. The predicted octanol–water partition coefficient (Wildman–Crippen LogP) is 3.71. The van der Waals surface area contributed by atoms with Gasteiger partial charge in [0.05, 0.1) is 12.3 Å². The fourth-order valence-electron chi connectivity index (χ4n) is 2.38. The highest BCUT2D eigenvalue weighted by Crippen LogP contribution is 2.22. The quantitative estimate of drug-likeness (QED) is 0.547. The van der Waals surface area contributed by atoms with Gasteiger partial charge in [0, 0.05) is 41.1 Å². The minimum atomic E-state index is -0.138. The summed E-state index contributed by atoms with van der Waals surface area (Å²) < 4.78 is 1.04. The van der Waals surface area contributed by atoms with Crippen LogP contribution in [-0.2, 0) is 6.54 Å². The number of hydrogen-bond acceptors (Lipinski definition) is 6. The minimum absolute atomic E-state index is 0.00362. The lowest BCUT2D eigenvalue weighted by Crippen LogP contribution is -2.21. The number of nitrogens with zero attached hydrogens (tertiary/aromatic N) is 3. The molecule has 6 nitrogen and oxygen atoms in total. The van der Waals surface area contributed by atoms with Crippen molar-refractivity contribution in [3.8, 4) is 11.3 Å². The van der Waals surface area contributed by atoms with Crippen molar-refractivity contribution in [1.29, 1.82) is 0 Å². The lowest BCUT2D eigenvalue weighted by molar-refractivity contribution is 0.281. The van der Waals surface area contributed by atoms with Crippen LogP contribution < -0.4 is 10.6 Å². The van der Waals surface area contributed by atoms with E-state index in [0.29, 0.717) is 18.3 Å². The van der Waals surface area contributed by atoms with Gasteiger partial charge < -0.3 is 15.7 Å². The van der Waals surface area contributed by atoms with E-state index in [4.69, 9.17) is 0 Å². The predicted molar refractivity (Wildman–Crippen MR) is 107 cm³/mol. The molecule has 134 valence electrons. The number of aliphatic hydroxyl groups excluding tert-OH is 1. The summed E-state index contributed by atoms with van der Waals surface area (Å²) in [5.74, 6) is 1.18. The van der Waals surface area contributed by atoms with Crippen LogP contribution in [0.15, 0.2) is 59.3 Å². The van der Waals surface area contributed by atoms with Gasteiger partial charge in [-0.1, -0.05) is 28.1 Å². The van der Waals surface area contributed by atoms with Gasteiger partial charge >= 0.3 is 0 Å². The van der Waals surface area contributed by atoms with E-state index in [1.54, 1.807) is 12.4 Å². The van der Waals surface area contributed by atoms with Crippen LogP contribution in [0, 0.1) is 0 Å². The number of benzene rings is 1. The molecule has 0 saturated heterocycles. The van der Waals surface area contributed by atoms with Gasteiger partial charge in [-0.2, -0.15) is 4.98 Å². The van der Waals surface area contributed by atoms with Crippen LogP contribution in [0.2, 0.25) is 0 Å². The maximum Gasteiger partial charge on any atom is 0.225 e. The molecule has 7 heteroatoms. The maximum atomic E-state index is 9.28. The molecular weight excluding hydrogens is 394 g/mol. The summed E-state index contributed by atoms with van der Waals surface area (Å²) in [5.41, 5.74) is 2.88. The molecule has 0 bridgehead atoms. The first kappa shape index (κ1) is 18.3. The van der Waals surface area contributed by atoms with Crippen molar-refractivity contribution in [3.63, 3.8) is 0 Å². The molecule has 2 aromatic heterocycles. The van der Waals surface area contributed by atoms with Gasteiger partial charge in [-0.15, -0.1) is 0 Å². The summed E-state index contributed by atoms with van der Waals surface area (Å²) >= 11 is 3.48. The van der Waals surface area contributed by atoms with E-state index < -0.39 is 0 Å². The standard InChI is InChI=1S/C19H20BrN5O/c1-13(12-26)23-19-24-17(15-5-7-21-8-6-15)10-18(25-19)22-11-14-3-2-4-16(20)9-14/h2-10,13,26H,11-12H2,1H3,(H2,22,23,24,25)/t13-/m1/s1. The second-order valence-corrected chi connectivity index (χ2v) is 6.83. The summed E-state index contributed by atoms with van der Waals surface area (Å²) in [6.45, 7) is 2.52. The van der Waals surface area contributed by atoms with E-state index in [2.05, 4.69) is 53.6 Å². The Morgan fingerprint density at radius 3 is 2.65 bits per heavy atom. The molecule has 0 radical (unpaired) electrons. The van der Waals surface area contributed by atoms with Crippen LogP contribution in [0.5, 0.6) is 0 Å². The molecular formula is C19H20BrN5O. The number of hydrogen-bond donors (Lipinski definition) is 3. The normalized spacial score (nSPS) is 11.8. The maximum absolute atomic E-state index is 9.28. The number of rotatable bonds is 7. The molecule has 1 atom stereocenters. The van der Waals surface area contributed by atoms with Crippen molar-refractivity contribution in [2.45, 2.75) is 19.5 Å². The van der Waals surface area contributed by atoms with Crippen LogP contribution in [0.3, 0.4) is 0 Å². The summed E-state index contributed by atoms with van der Waals surface area (Å²) in [6.07, 6.45) is 3.46. The average Bonchev–Trinajstić information content (AvgIpc) is 2.67. The fraction of sp³-hybridized carbons (Fsp3) is 0.211. The Hall–Kier alpha value is -2.51. The second kappa shape index (κ2) is 8.73. The van der Waals surface area contributed by atoms with Gasteiger partial charge in [-0.3, -0.25) is 4.98 Å². The van der Waals surface area contributed by atoms with E-state index in [1.807, 2.05) is 37.3 Å². The van der Waals surface area contributed by atoms with Crippen molar-refractivity contribution >= 4 is 27.7 Å². The Morgan fingerprint density at radius 2 is 1.92 bits per heavy atom. The van der Waals surface area contributed by atoms with Gasteiger partial charge in [0.15, 0.2) is 0 Å². The van der Waals surface area contributed by atoms with Crippen LogP contribution in [0.1, 0.15) is 12.5 Å². The monoisotopic (exact) mass is 413 g/mol. The van der Waals surface area contributed by atoms with Crippen molar-refractivity contribution < 1.29 is 5.11 Å². The molecule has 0 unspecified atom stereocenters. The molecule has 0 aliphatic carbocycles. The van der Waals surface area contributed by atoms with Crippen LogP contribution in [0.25, 0.3) is 11.3 Å². The summed E-state index contributed by atoms with van der Waals surface area (Å²) in [5, 5.41) is 15.7. The fourth-order valence-corrected chi connectivity index (χ4v) is 2.83. The van der Waals surface area contributed by atoms with Gasteiger partial charge in [-0.05, 0) is 36.8 Å². The third kappa shape index (κ3) is 5.00. The molecule has 1 aromatic carbocycles. The molecule has 2 heterocycles. The Kier molecular flexibility index (Phi) is 6.14. The Morgan fingerprint density at radius 1 is 1.12 bits per heavy atom. The SMILES string of the molecule is C[C@H](CO)Nc1nc(NCc2cccc(Br)c2)cc(-c2ccncc2)n1. The van der Waals surface area contributed by atoms with Crippen LogP contribution in [-0.4, -0.2) is 32.7 Å². The number of aliphatic hydroxyl groups is 1. The van der Waals surface area contributed by atoms with E-state index in [1.165, 1.54) is 0 Å². The number of nitrogens with one attached hydrogen (secondary N) is 2. The number of pyridine rings is 1. The van der Waals surface area contributed by atoms with Crippen molar-refractivity contribution in [2.75, 3.05) is 17.2 Å². The van der Waals surface area contributed by atoms with Gasteiger partial charge in [0.25, 0.3) is 0 Å². The highest BCUT2D eigenvalue weighted by Gasteiger charge is 2.09. The first-order valence-corrected chi connectivity index (χ1v) is 9.08. The zero-order chi connectivity index (χ0) is 18.4. The third-order valence-corrected chi connectivity index (χ3v) is 4.21. The average molecular weight is 414 g/mol. The van der Waals surface area contributed by atoms with Gasteiger partial charge in [0.2, 0.25) is 5.95 Å². The Bertz CT molecular complexity index is 860. The largest absolute Gasteiger partial charge is 0.394 e. The lowest BCUT2D eigenvalue weighted by atomic mass is 10.2. The molecule has 0 aliphatic heterocycles. The Labute approximate surface area is 160 Å². The number of halogens is 1. The highest BCUT2D eigenvalue weighted by atomic mass is 79.9. The zero-order valence-electron chi connectivity index (χ0n) is 14.4. The smallest absolute Gasteiger partial charge is 0.225 e. The van der Waals surface area contributed by atoms with Crippen LogP contribution in [0.4, 0.5) is 11.8 Å². The topological polar surface area (TPSA) is 83.0 Å². The molecule has 3 N–H and O–H groups in total. The lowest BCUT2D eigenvalue weighted by Gasteiger charge is -2.14. The van der Waals surface area contributed by atoms with Crippen molar-refractivity contribution in [2.24, 2.45) is 0 Å². The molecule has 0 fully saturated rings. The van der Waals surface area contributed by atoms with E-state index in [0.717, 1.165) is 21.3 Å². The minimum Gasteiger partial charge on any atom is -0.394 e. The summed E-state index contributed by atoms with van der Waals surface area (Å²) in [4.78, 5) is 13.1. The van der Waals surface area contributed by atoms with E-state index in [9.17, 15) is 5.11 Å². The summed E-state index contributed by atoms with van der Waals surface area (Å²) in [6, 6.07) is 13.7. The van der Waals surface area contributed by atoms with E-state index in [-0.39, 0.29) is 12.6 Å². The Balaban J connectivity index is 1.86. The van der Waals surface area contributed by atoms with Gasteiger partial charge in [-0.25, -0.2) is 4.98 Å². The van der Waals surface area contributed by atoms with Crippen LogP contribution >= 0.6 is 15.9 Å². The molecule has 3 aromatic rings. The van der Waals surface area contributed by atoms with Crippen molar-refractivity contribution in [3.05, 3.63) is 64.9 Å². The molecule has 3 rings (SSSR count). The van der Waals surface area contributed by atoms with E-state index >= 15 is 0 Å². The number of anilines is 2. The third-order valence-electron chi connectivity index (χ3n) is 3.71. The number of aromatic nitrogens is 3. The molecule has 0 aliphatic rings. The first-order chi connectivity index (χ1) is 12.6. The molecule has 0 saturated carbocycles. The zero-order valence-corrected chi connectivity index (χ0v) is 15.9. The molecule has 26 heavy (non-hydrogen) atoms. The first-order valence-electron chi connectivity index (χ1n) is 8.29. The summed E-state index contributed by atoms with van der Waals surface area (Å²) in [7, 11) is 0.